The van der Waals surface area contributed by atoms with Crippen LogP contribution in [0.4, 0.5) is 4.39 Å². The molecule has 0 aliphatic carbocycles. The van der Waals surface area contributed by atoms with Gasteiger partial charge < -0.3 is 5.11 Å². The Bertz CT molecular complexity index is 391. The van der Waals surface area contributed by atoms with Crippen LogP contribution in [-0.2, 0) is 5.60 Å². The normalized spacial score (nSPS) is 14.7. The van der Waals surface area contributed by atoms with Gasteiger partial charge in [0.05, 0.1) is 10.6 Å². The van der Waals surface area contributed by atoms with Crippen LogP contribution in [0.1, 0.15) is 45.1 Å². The molecular formula is C13H17Cl2FO. The highest BCUT2D eigenvalue weighted by Gasteiger charge is 2.26. The molecular weight excluding hydrogens is 262 g/mol. The third kappa shape index (κ3) is 3.84. The molecule has 0 spiro atoms. The molecule has 1 atom stereocenters. The lowest BCUT2D eigenvalue weighted by atomic mass is 9.90. The second kappa shape index (κ2) is 6.03. The minimum atomic E-state index is -1.11. The summed E-state index contributed by atoms with van der Waals surface area (Å²) in [6, 6.07) is 2.55. The van der Waals surface area contributed by atoms with Crippen LogP contribution in [-0.4, -0.2) is 5.11 Å². The number of hydrogen-bond acceptors (Lipinski definition) is 1. The second-order valence-electron chi connectivity index (χ2n) is 4.48. The van der Waals surface area contributed by atoms with Crippen LogP contribution in [0.2, 0.25) is 10.0 Å². The summed E-state index contributed by atoms with van der Waals surface area (Å²) in [6.07, 6.45) is 3.54. The van der Waals surface area contributed by atoms with Crippen molar-refractivity contribution in [2.75, 3.05) is 0 Å². The number of unbranched alkanes of at least 4 members (excludes halogenated alkanes) is 2. The highest BCUT2D eigenvalue weighted by molar-refractivity contribution is 6.35. The van der Waals surface area contributed by atoms with Crippen molar-refractivity contribution < 1.29 is 9.50 Å². The molecule has 0 aliphatic heterocycles. The number of benzene rings is 1. The molecule has 1 unspecified atom stereocenters. The van der Waals surface area contributed by atoms with E-state index in [1.165, 1.54) is 12.1 Å². The summed E-state index contributed by atoms with van der Waals surface area (Å²) in [5.74, 6) is -0.554. The van der Waals surface area contributed by atoms with Crippen LogP contribution in [0.25, 0.3) is 0 Å². The predicted octanol–water partition coefficient (Wildman–Crippen LogP) is 4.92. The first kappa shape index (κ1) is 14.7. The first-order valence-electron chi connectivity index (χ1n) is 5.76. The van der Waals surface area contributed by atoms with Crippen LogP contribution in [0.5, 0.6) is 0 Å². The van der Waals surface area contributed by atoms with Gasteiger partial charge in [-0.15, -0.1) is 0 Å². The van der Waals surface area contributed by atoms with Crippen LogP contribution >= 0.6 is 23.2 Å². The largest absolute Gasteiger partial charge is 0.385 e. The SMILES string of the molecule is CCCCCC(C)(O)c1cc(F)c(Cl)cc1Cl. The highest BCUT2D eigenvalue weighted by Crippen LogP contribution is 2.35. The van der Waals surface area contributed by atoms with Crippen LogP contribution in [0, 0.1) is 5.82 Å². The Morgan fingerprint density at radius 1 is 1.24 bits per heavy atom. The molecule has 17 heavy (non-hydrogen) atoms. The summed E-state index contributed by atoms with van der Waals surface area (Å²) in [6.45, 7) is 3.74. The summed E-state index contributed by atoms with van der Waals surface area (Å²) >= 11 is 11.6. The molecule has 1 N–H and O–H groups in total. The Labute approximate surface area is 112 Å². The van der Waals surface area contributed by atoms with Gasteiger partial charge in [0.2, 0.25) is 0 Å². The molecule has 0 saturated carbocycles. The van der Waals surface area contributed by atoms with E-state index in [-0.39, 0.29) is 5.02 Å². The average molecular weight is 279 g/mol. The third-order valence-corrected chi connectivity index (χ3v) is 3.46. The topological polar surface area (TPSA) is 20.2 Å². The zero-order valence-electron chi connectivity index (χ0n) is 10.1. The minimum absolute atomic E-state index is 0.0249. The standard InChI is InChI=1S/C13H17Cl2FO/c1-3-4-5-6-13(2,17)9-7-12(16)11(15)8-10(9)14/h7-8,17H,3-6H2,1-2H3. The van der Waals surface area contributed by atoms with E-state index in [0.717, 1.165) is 19.3 Å². The van der Waals surface area contributed by atoms with Crippen LogP contribution < -0.4 is 0 Å². The maximum atomic E-state index is 13.4. The number of rotatable bonds is 5. The zero-order valence-corrected chi connectivity index (χ0v) is 11.6. The first-order chi connectivity index (χ1) is 7.88. The van der Waals surface area contributed by atoms with Gasteiger partial charge in [-0.25, -0.2) is 4.39 Å². The molecule has 0 fully saturated rings. The lowest BCUT2D eigenvalue weighted by molar-refractivity contribution is 0.0448. The molecule has 0 heterocycles. The molecule has 4 heteroatoms. The third-order valence-electron chi connectivity index (χ3n) is 2.86. The van der Waals surface area contributed by atoms with Crippen LogP contribution in [0.3, 0.4) is 0 Å². The van der Waals surface area contributed by atoms with E-state index >= 15 is 0 Å². The minimum Gasteiger partial charge on any atom is -0.385 e. The van der Waals surface area contributed by atoms with Gasteiger partial charge in [0.25, 0.3) is 0 Å². The fraction of sp³-hybridized carbons (Fsp3) is 0.538. The molecule has 1 aromatic rings. The Morgan fingerprint density at radius 3 is 2.47 bits per heavy atom. The number of halogens is 3. The van der Waals surface area contributed by atoms with Crippen LogP contribution in [0.15, 0.2) is 12.1 Å². The molecule has 1 rings (SSSR count). The predicted molar refractivity (Wildman–Crippen MR) is 70.1 cm³/mol. The van der Waals surface area contributed by atoms with Gasteiger partial charge in [-0.2, -0.15) is 0 Å². The van der Waals surface area contributed by atoms with E-state index in [1.54, 1.807) is 6.92 Å². The molecule has 0 aliphatic rings. The zero-order chi connectivity index (χ0) is 13.1. The fourth-order valence-corrected chi connectivity index (χ4v) is 2.38. The monoisotopic (exact) mass is 278 g/mol. The quantitative estimate of drug-likeness (QED) is 0.599. The molecule has 0 radical (unpaired) electrons. The van der Waals surface area contributed by atoms with Crippen molar-refractivity contribution in [1.29, 1.82) is 0 Å². The Balaban J connectivity index is 2.93. The van der Waals surface area contributed by atoms with Gasteiger partial charge in [-0.05, 0) is 25.5 Å². The maximum Gasteiger partial charge on any atom is 0.142 e. The fourth-order valence-electron chi connectivity index (χ4n) is 1.79. The van der Waals surface area contributed by atoms with Gasteiger partial charge in [-0.3, -0.25) is 0 Å². The van der Waals surface area contributed by atoms with Crippen molar-refractivity contribution in [3.63, 3.8) is 0 Å². The number of hydrogen-bond donors (Lipinski definition) is 1. The first-order valence-corrected chi connectivity index (χ1v) is 6.51. The molecule has 0 saturated heterocycles. The van der Waals surface area contributed by atoms with Gasteiger partial charge in [0.1, 0.15) is 5.82 Å². The molecule has 0 bridgehead atoms. The van der Waals surface area contributed by atoms with Gasteiger partial charge in [0.15, 0.2) is 0 Å². The Hall–Kier alpha value is -0.310. The molecule has 1 nitrogen and oxygen atoms in total. The molecule has 96 valence electrons. The van der Waals surface area contributed by atoms with Gasteiger partial charge in [-0.1, -0.05) is 49.4 Å². The van der Waals surface area contributed by atoms with Crippen molar-refractivity contribution in [1.82, 2.24) is 0 Å². The molecule has 1 aromatic carbocycles. The van der Waals surface area contributed by atoms with Gasteiger partial charge in [0, 0.05) is 10.6 Å². The lowest BCUT2D eigenvalue weighted by Gasteiger charge is -2.25. The maximum absolute atomic E-state index is 13.4. The van der Waals surface area contributed by atoms with Crippen molar-refractivity contribution in [3.05, 3.63) is 33.6 Å². The second-order valence-corrected chi connectivity index (χ2v) is 5.29. The lowest BCUT2D eigenvalue weighted by Crippen LogP contribution is -2.21. The van der Waals surface area contributed by atoms with E-state index in [9.17, 15) is 9.50 Å². The molecule has 0 amide bonds. The van der Waals surface area contributed by atoms with Gasteiger partial charge >= 0.3 is 0 Å². The average Bonchev–Trinajstić information content (AvgIpc) is 2.23. The van der Waals surface area contributed by atoms with E-state index in [0.29, 0.717) is 17.0 Å². The molecule has 0 aromatic heterocycles. The van der Waals surface area contributed by atoms with Crippen molar-refractivity contribution >= 4 is 23.2 Å². The smallest absolute Gasteiger partial charge is 0.142 e. The van der Waals surface area contributed by atoms with E-state index in [2.05, 4.69) is 6.92 Å². The van der Waals surface area contributed by atoms with E-state index in [1.807, 2.05) is 0 Å². The Morgan fingerprint density at radius 2 is 1.88 bits per heavy atom. The van der Waals surface area contributed by atoms with Crippen molar-refractivity contribution in [3.8, 4) is 0 Å². The summed E-state index contributed by atoms with van der Waals surface area (Å²) < 4.78 is 13.4. The highest BCUT2D eigenvalue weighted by atomic mass is 35.5. The van der Waals surface area contributed by atoms with E-state index in [4.69, 9.17) is 23.2 Å². The van der Waals surface area contributed by atoms with E-state index < -0.39 is 11.4 Å². The number of aliphatic hydroxyl groups is 1. The summed E-state index contributed by atoms with van der Waals surface area (Å²) in [4.78, 5) is 0. The Kier molecular flexibility index (Phi) is 5.23. The van der Waals surface area contributed by atoms with Crippen molar-refractivity contribution in [2.24, 2.45) is 0 Å². The van der Waals surface area contributed by atoms with Crippen molar-refractivity contribution in [2.45, 2.75) is 45.1 Å². The summed E-state index contributed by atoms with van der Waals surface area (Å²) in [7, 11) is 0. The summed E-state index contributed by atoms with van der Waals surface area (Å²) in [5, 5.41) is 10.6. The summed E-state index contributed by atoms with van der Waals surface area (Å²) in [5.41, 5.74) is -0.713.